The quantitative estimate of drug-likeness (QED) is 0.878. The van der Waals surface area contributed by atoms with Gasteiger partial charge in [0, 0.05) is 19.3 Å². The van der Waals surface area contributed by atoms with Gasteiger partial charge in [-0.3, -0.25) is 4.98 Å². The second-order valence-electron chi connectivity index (χ2n) is 5.36. The number of aromatic nitrogens is 1. The molecule has 2 heterocycles. The Morgan fingerprint density at radius 2 is 2.05 bits per heavy atom. The SMILES string of the molecule is CC1CN(C(=O)NCc2cc(C(=O)O)ccn2)CC1C. The van der Waals surface area contributed by atoms with Crippen molar-refractivity contribution in [3.8, 4) is 0 Å². The summed E-state index contributed by atoms with van der Waals surface area (Å²) in [5, 5.41) is 11.7. The van der Waals surface area contributed by atoms with Crippen LogP contribution in [-0.2, 0) is 6.54 Å². The lowest BCUT2D eigenvalue weighted by atomic mass is 10.0. The predicted molar refractivity (Wildman–Crippen MR) is 73.3 cm³/mol. The van der Waals surface area contributed by atoms with Gasteiger partial charge in [0.25, 0.3) is 0 Å². The van der Waals surface area contributed by atoms with Gasteiger partial charge in [-0.25, -0.2) is 9.59 Å². The van der Waals surface area contributed by atoms with Crippen molar-refractivity contribution in [1.82, 2.24) is 15.2 Å². The van der Waals surface area contributed by atoms with Crippen molar-refractivity contribution < 1.29 is 14.7 Å². The lowest BCUT2D eigenvalue weighted by Gasteiger charge is -2.16. The molecule has 6 heteroatoms. The highest BCUT2D eigenvalue weighted by atomic mass is 16.4. The van der Waals surface area contributed by atoms with Gasteiger partial charge in [-0.05, 0) is 24.0 Å². The lowest BCUT2D eigenvalue weighted by molar-refractivity contribution is 0.0696. The fraction of sp³-hybridized carbons (Fsp3) is 0.500. The fourth-order valence-electron chi connectivity index (χ4n) is 2.28. The van der Waals surface area contributed by atoms with Crippen LogP contribution in [0.5, 0.6) is 0 Å². The minimum atomic E-state index is -0.998. The van der Waals surface area contributed by atoms with Gasteiger partial charge in [0.05, 0.1) is 17.8 Å². The second kappa shape index (κ2) is 5.90. The van der Waals surface area contributed by atoms with Crippen LogP contribution in [0, 0.1) is 11.8 Å². The molecule has 2 amide bonds. The van der Waals surface area contributed by atoms with Crippen LogP contribution >= 0.6 is 0 Å². The van der Waals surface area contributed by atoms with E-state index < -0.39 is 5.97 Å². The molecule has 1 aliphatic rings. The lowest BCUT2D eigenvalue weighted by Crippen LogP contribution is -2.38. The average molecular weight is 277 g/mol. The molecule has 0 aromatic carbocycles. The normalized spacial score (nSPS) is 21.8. The van der Waals surface area contributed by atoms with Gasteiger partial charge in [-0.2, -0.15) is 0 Å². The Kier molecular flexibility index (Phi) is 4.22. The first-order valence-corrected chi connectivity index (χ1v) is 6.68. The summed E-state index contributed by atoms with van der Waals surface area (Å²) in [5.74, 6) is 0.0191. The number of likely N-dealkylation sites (tertiary alicyclic amines) is 1. The molecule has 6 nitrogen and oxygen atoms in total. The van der Waals surface area contributed by atoms with Crippen LogP contribution < -0.4 is 5.32 Å². The van der Waals surface area contributed by atoms with Crippen molar-refractivity contribution in [2.24, 2.45) is 11.8 Å². The summed E-state index contributed by atoms with van der Waals surface area (Å²) < 4.78 is 0. The highest BCUT2D eigenvalue weighted by Gasteiger charge is 2.29. The number of carbonyl (C=O) groups excluding carboxylic acids is 1. The Morgan fingerprint density at radius 3 is 2.65 bits per heavy atom. The Bertz CT molecular complexity index is 508. The topological polar surface area (TPSA) is 82.5 Å². The van der Waals surface area contributed by atoms with Gasteiger partial charge in [0.2, 0.25) is 0 Å². The molecule has 20 heavy (non-hydrogen) atoms. The number of nitrogens with zero attached hydrogens (tertiary/aromatic N) is 2. The molecule has 108 valence electrons. The van der Waals surface area contributed by atoms with Crippen molar-refractivity contribution in [3.63, 3.8) is 0 Å². The van der Waals surface area contributed by atoms with E-state index in [-0.39, 0.29) is 18.1 Å². The first-order valence-electron chi connectivity index (χ1n) is 6.68. The highest BCUT2D eigenvalue weighted by Crippen LogP contribution is 2.21. The molecule has 1 aliphatic heterocycles. The molecule has 2 atom stereocenters. The van der Waals surface area contributed by atoms with Crippen molar-refractivity contribution in [3.05, 3.63) is 29.6 Å². The van der Waals surface area contributed by atoms with Crippen LogP contribution in [0.3, 0.4) is 0 Å². The summed E-state index contributed by atoms with van der Waals surface area (Å²) >= 11 is 0. The number of amides is 2. The largest absolute Gasteiger partial charge is 0.478 e. The molecule has 2 N–H and O–H groups in total. The first-order chi connectivity index (χ1) is 9.47. The molecule has 1 aromatic rings. The fourth-order valence-corrected chi connectivity index (χ4v) is 2.28. The first kappa shape index (κ1) is 14.3. The van der Waals surface area contributed by atoms with E-state index in [4.69, 9.17) is 5.11 Å². The number of carboxylic acid groups (broad SMARTS) is 1. The summed E-state index contributed by atoms with van der Waals surface area (Å²) in [5.41, 5.74) is 0.714. The number of urea groups is 1. The minimum absolute atomic E-state index is 0.122. The number of rotatable bonds is 3. The molecular weight excluding hydrogens is 258 g/mol. The van der Waals surface area contributed by atoms with Crippen LogP contribution in [-0.4, -0.2) is 40.1 Å². The van der Waals surface area contributed by atoms with Gasteiger partial charge >= 0.3 is 12.0 Å². The van der Waals surface area contributed by atoms with Crippen molar-refractivity contribution >= 4 is 12.0 Å². The summed E-state index contributed by atoms with van der Waals surface area (Å²) in [4.78, 5) is 28.7. The van der Waals surface area contributed by atoms with Gasteiger partial charge in [0.1, 0.15) is 0 Å². The standard InChI is InChI=1S/C14H19N3O3/c1-9-7-17(8-10(9)2)14(20)16-6-12-5-11(13(18)19)3-4-15-12/h3-5,9-10H,6-8H2,1-2H3,(H,16,20)(H,18,19). The molecule has 1 fully saturated rings. The predicted octanol–water partition coefficient (Wildman–Crippen LogP) is 1.58. The van der Waals surface area contributed by atoms with E-state index in [9.17, 15) is 9.59 Å². The number of hydrogen-bond acceptors (Lipinski definition) is 3. The molecule has 0 spiro atoms. The van der Waals surface area contributed by atoms with E-state index in [1.165, 1.54) is 18.3 Å². The summed E-state index contributed by atoms with van der Waals surface area (Å²) in [6.45, 7) is 6.02. The second-order valence-corrected chi connectivity index (χ2v) is 5.36. The maximum absolute atomic E-state index is 12.0. The molecule has 2 unspecified atom stereocenters. The highest BCUT2D eigenvalue weighted by molar-refractivity contribution is 5.87. The Hall–Kier alpha value is -2.11. The molecule has 2 rings (SSSR count). The third-order valence-corrected chi connectivity index (χ3v) is 3.76. The number of nitrogens with one attached hydrogen (secondary N) is 1. The van der Waals surface area contributed by atoms with Crippen LogP contribution in [0.25, 0.3) is 0 Å². The zero-order chi connectivity index (χ0) is 14.7. The zero-order valence-electron chi connectivity index (χ0n) is 11.7. The Balaban J connectivity index is 1.90. The van der Waals surface area contributed by atoms with Crippen molar-refractivity contribution in [2.45, 2.75) is 20.4 Å². The van der Waals surface area contributed by atoms with Gasteiger partial charge < -0.3 is 15.3 Å². The van der Waals surface area contributed by atoms with E-state index >= 15 is 0 Å². The summed E-state index contributed by atoms with van der Waals surface area (Å²) in [7, 11) is 0. The molecule has 1 saturated heterocycles. The number of pyridine rings is 1. The number of carboxylic acids is 1. The van der Waals surface area contributed by atoms with Crippen LogP contribution in [0.15, 0.2) is 18.3 Å². The third-order valence-electron chi connectivity index (χ3n) is 3.76. The van der Waals surface area contributed by atoms with Gasteiger partial charge in [-0.15, -0.1) is 0 Å². The number of carbonyl (C=O) groups is 2. The van der Waals surface area contributed by atoms with E-state index in [2.05, 4.69) is 24.1 Å². The smallest absolute Gasteiger partial charge is 0.335 e. The van der Waals surface area contributed by atoms with Crippen LogP contribution in [0.4, 0.5) is 4.79 Å². The van der Waals surface area contributed by atoms with E-state index in [0.29, 0.717) is 17.5 Å². The maximum Gasteiger partial charge on any atom is 0.335 e. The van der Waals surface area contributed by atoms with E-state index in [1.807, 2.05) is 0 Å². The maximum atomic E-state index is 12.0. The summed E-state index contributed by atoms with van der Waals surface area (Å²) in [6, 6.07) is 2.78. The number of hydrogen-bond donors (Lipinski definition) is 2. The monoisotopic (exact) mass is 277 g/mol. The minimum Gasteiger partial charge on any atom is -0.478 e. The number of aromatic carboxylic acids is 1. The average Bonchev–Trinajstić information content (AvgIpc) is 2.76. The van der Waals surface area contributed by atoms with Crippen LogP contribution in [0.2, 0.25) is 0 Å². The third kappa shape index (κ3) is 3.26. The van der Waals surface area contributed by atoms with Gasteiger partial charge in [0.15, 0.2) is 0 Å². The molecular formula is C14H19N3O3. The summed E-state index contributed by atoms with van der Waals surface area (Å²) in [6.07, 6.45) is 1.44. The van der Waals surface area contributed by atoms with Gasteiger partial charge in [-0.1, -0.05) is 13.8 Å². The molecule has 1 aromatic heterocycles. The molecule has 0 radical (unpaired) electrons. The Morgan fingerprint density at radius 1 is 1.40 bits per heavy atom. The van der Waals surface area contributed by atoms with Crippen molar-refractivity contribution in [2.75, 3.05) is 13.1 Å². The molecule has 0 bridgehead atoms. The molecule has 0 aliphatic carbocycles. The van der Waals surface area contributed by atoms with Crippen LogP contribution in [0.1, 0.15) is 29.9 Å². The van der Waals surface area contributed by atoms with Crippen molar-refractivity contribution in [1.29, 1.82) is 0 Å². The zero-order valence-corrected chi connectivity index (χ0v) is 11.7. The Labute approximate surface area is 117 Å². The van der Waals surface area contributed by atoms with E-state index in [0.717, 1.165) is 13.1 Å². The molecule has 0 saturated carbocycles. The van der Waals surface area contributed by atoms with E-state index in [1.54, 1.807) is 4.90 Å².